The van der Waals surface area contributed by atoms with Crippen LogP contribution in [0.1, 0.15) is 11.1 Å². The number of carbonyl (C=O) groups is 1. The Labute approximate surface area is 217 Å². The molecule has 9 heteroatoms. The van der Waals surface area contributed by atoms with Crippen LogP contribution in [0.25, 0.3) is 0 Å². The van der Waals surface area contributed by atoms with Crippen molar-refractivity contribution in [1.82, 2.24) is 4.90 Å². The van der Waals surface area contributed by atoms with Gasteiger partial charge in [0.15, 0.2) is 0 Å². The van der Waals surface area contributed by atoms with Crippen LogP contribution in [0.3, 0.4) is 0 Å². The first-order valence-electron chi connectivity index (χ1n) is 11.7. The summed E-state index contributed by atoms with van der Waals surface area (Å²) in [5.74, 6) is 0.360. The summed E-state index contributed by atoms with van der Waals surface area (Å²) in [4.78, 5) is 17.4. The minimum Gasteiger partial charge on any atom is -0.496 e. The number of sulfonamides is 1. The van der Waals surface area contributed by atoms with Crippen molar-refractivity contribution >= 4 is 38.9 Å². The molecule has 1 fully saturated rings. The number of aryl methyl sites for hydroxylation is 2. The van der Waals surface area contributed by atoms with E-state index in [0.717, 1.165) is 11.3 Å². The summed E-state index contributed by atoms with van der Waals surface area (Å²) in [6, 6.07) is 19.2. The highest BCUT2D eigenvalue weighted by atomic mass is 35.5. The first kappa shape index (κ1) is 25.9. The third kappa shape index (κ3) is 5.44. The molecule has 0 aromatic heterocycles. The van der Waals surface area contributed by atoms with Crippen molar-refractivity contribution < 1.29 is 17.9 Å². The van der Waals surface area contributed by atoms with E-state index >= 15 is 0 Å². The Bertz CT molecular complexity index is 1340. The zero-order valence-electron chi connectivity index (χ0n) is 20.6. The monoisotopic (exact) mass is 527 g/mol. The number of anilines is 2. The first-order valence-corrected chi connectivity index (χ1v) is 13.5. The number of hydrogen-bond acceptors (Lipinski definition) is 5. The Kier molecular flexibility index (Phi) is 7.76. The van der Waals surface area contributed by atoms with E-state index in [4.69, 9.17) is 16.3 Å². The fourth-order valence-electron chi connectivity index (χ4n) is 4.39. The summed E-state index contributed by atoms with van der Waals surface area (Å²) in [6.45, 7) is 5.81. The van der Waals surface area contributed by atoms with Crippen LogP contribution in [0.15, 0.2) is 71.6 Å². The Morgan fingerprint density at radius 3 is 2.28 bits per heavy atom. The van der Waals surface area contributed by atoms with Crippen molar-refractivity contribution in [2.24, 2.45) is 0 Å². The lowest BCUT2D eigenvalue weighted by Crippen LogP contribution is -2.52. The average molecular weight is 528 g/mol. The predicted octanol–water partition coefficient (Wildman–Crippen LogP) is 4.51. The molecule has 1 saturated heterocycles. The Hall–Kier alpha value is -3.23. The van der Waals surface area contributed by atoms with Crippen molar-refractivity contribution in [3.63, 3.8) is 0 Å². The normalized spacial score (nSPS) is 14.0. The summed E-state index contributed by atoms with van der Waals surface area (Å²) in [6.07, 6.45) is 0. The third-order valence-corrected chi connectivity index (χ3v) is 8.43. The van der Waals surface area contributed by atoms with Gasteiger partial charge in [0.2, 0.25) is 5.91 Å². The number of piperazine rings is 1. The van der Waals surface area contributed by atoms with Crippen molar-refractivity contribution in [1.29, 1.82) is 0 Å². The van der Waals surface area contributed by atoms with Crippen LogP contribution in [0.2, 0.25) is 5.02 Å². The molecule has 190 valence electrons. The van der Waals surface area contributed by atoms with E-state index in [1.807, 2.05) is 31.2 Å². The number of hydrogen-bond donors (Lipinski definition) is 0. The van der Waals surface area contributed by atoms with E-state index in [1.54, 1.807) is 55.3 Å². The predicted molar refractivity (Wildman–Crippen MR) is 144 cm³/mol. The van der Waals surface area contributed by atoms with Gasteiger partial charge in [-0.15, -0.1) is 0 Å². The fourth-order valence-corrected chi connectivity index (χ4v) is 6.06. The molecule has 4 rings (SSSR count). The van der Waals surface area contributed by atoms with E-state index < -0.39 is 10.0 Å². The van der Waals surface area contributed by atoms with Crippen LogP contribution in [0.5, 0.6) is 5.75 Å². The number of rotatable bonds is 7. The molecule has 3 aromatic carbocycles. The lowest BCUT2D eigenvalue weighted by atomic mass is 10.1. The van der Waals surface area contributed by atoms with Gasteiger partial charge in [0, 0.05) is 36.9 Å². The van der Waals surface area contributed by atoms with Crippen LogP contribution in [-0.4, -0.2) is 59.1 Å². The minimum absolute atomic E-state index is 0.110. The summed E-state index contributed by atoms with van der Waals surface area (Å²) in [5, 5.41) is 0.673. The molecular formula is C27H30ClN3O4S. The standard InChI is InChI=1S/C27H30ClN3O4S/c1-20-9-10-22(28)18-25(20)29-13-15-30(16-14-29)27(32)19-31(23-7-5-4-6-8-23)36(33,34)24-11-12-26(35-3)21(2)17-24/h4-12,17-18H,13-16,19H2,1-3H3. The molecule has 0 saturated carbocycles. The number of nitrogens with zero attached hydrogens (tertiary/aromatic N) is 3. The third-order valence-electron chi connectivity index (χ3n) is 6.42. The number of methoxy groups -OCH3 is 1. The van der Waals surface area contributed by atoms with Crippen molar-refractivity contribution in [2.75, 3.05) is 49.0 Å². The highest BCUT2D eigenvalue weighted by Crippen LogP contribution is 2.28. The molecule has 1 heterocycles. The molecule has 0 bridgehead atoms. The summed E-state index contributed by atoms with van der Waals surface area (Å²) in [7, 11) is -2.45. The smallest absolute Gasteiger partial charge is 0.264 e. The van der Waals surface area contributed by atoms with E-state index in [0.29, 0.717) is 48.2 Å². The molecule has 1 aliphatic heterocycles. The van der Waals surface area contributed by atoms with Gasteiger partial charge in [-0.2, -0.15) is 0 Å². The maximum absolute atomic E-state index is 13.7. The maximum atomic E-state index is 13.7. The topological polar surface area (TPSA) is 70.2 Å². The van der Waals surface area contributed by atoms with Gasteiger partial charge in [0.1, 0.15) is 12.3 Å². The van der Waals surface area contributed by atoms with Crippen LogP contribution in [0, 0.1) is 13.8 Å². The number of para-hydroxylation sites is 1. The van der Waals surface area contributed by atoms with Crippen LogP contribution in [-0.2, 0) is 14.8 Å². The highest BCUT2D eigenvalue weighted by molar-refractivity contribution is 7.92. The molecule has 0 aliphatic carbocycles. The van der Waals surface area contributed by atoms with E-state index in [1.165, 1.54) is 10.4 Å². The molecule has 0 spiro atoms. The van der Waals surface area contributed by atoms with Gasteiger partial charge < -0.3 is 14.5 Å². The van der Waals surface area contributed by atoms with Crippen LogP contribution in [0.4, 0.5) is 11.4 Å². The second kappa shape index (κ2) is 10.8. The molecule has 3 aromatic rings. The number of benzene rings is 3. The Morgan fingerprint density at radius 1 is 0.944 bits per heavy atom. The zero-order chi connectivity index (χ0) is 25.9. The average Bonchev–Trinajstić information content (AvgIpc) is 2.89. The van der Waals surface area contributed by atoms with Gasteiger partial charge >= 0.3 is 0 Å². The number of ether oxygens (including phenoxy) is 1. The molecule has 1 amide bonds. The van der Waals surface area contributed by atoms with Crippen LogP contribution < -0.4 is 13.9 Å². The van der Waals surface area contributed by atoms with Gasteiger partial charge in [0.05, 0.1) is 17.7 Å². The van der Waals surface area contributed by atoms with Crippen molar-refractivity contribution in [3.8, 4) is 5.75 Å². The first-order chi connectivity index (χ1) is 17.2. The molecule has 7 nitrogen and oxygen atoms in total. The molecule has 0 N–H and O–H groups in total. The summed E-state index contributed by atoms with van der Waals surface area (Å²) < 4.78 is 33.9. The SMILES string of the molecule is COc1ccc(S(=O)(=O)N(CC(=O)N2CCN(c3cc(Cl)ccc3C)CC2)c2ccccc2)cc1C. The molecular weight excluding hydrogens is 498 g/mol. The Morgan fingerprint density at radius 2 is 1.64 bits per heavy atom. The van der Waals surface area contributed by atoms with E-state index in [-0.39, 0.29) is 17.3 Å². The number of carbonyl (C=O) groups excluding carboxylic acids is 1. The van der Waals surface area contributed by atoms with Crippen molar-refractivity contribution in [2.45, 2.75) is 18.7 Å². The lowest BCUT2D eigenvalue weighted by molar-refractivity contribution is -0.129. The highest BCUT2D eigenvalue weighted by Gasteiger charge is 2.30. The summed E-state index contributed by atoms with van der Waals surface area (Å²) >= 11 is 6.19. The number of amides is 1. The van der Waals surface area contributed by atoms with Gasteiger partial charge in [0.25, 0.3) is 10.0 Å². The largest absolute Gasteiger partial charge is 0.496 e. The molecule has 0 radical (unpaired) electrons. The molecule has 1 aliphatic rings. The van der Waals surface area contributed by atoms with Gasteiger partial charge in [-0.1, -0.05) is 35.9 Å². The zero-order valence-corrected chi connectivity index (χ0v) is 22.2. The summed E-state index contributed by atoms with van der Waals surface area (Å²) in [5.41, 5.74) is 3.31. The Balaban J connectivity index is 1.54. The molecule has 0 unspecified atom stereocenters. The quantitative estimate of drug-likeness (QED) is 0.452. The van der Waals surface area contributed by atoms with Gasteiger partial charge in [-0.3, -0.25) is 9.10 Å². The maximum Gasteiger partial charge on any atom is 0.264 e. The van der Waals surface area contributed by atoms with E-state index in [2.05, 4.69) is 4.90 Å². The fraction of sp³-hybridized carbons (Fsp3) is 0.296. The molecule has 0 atom stereocenters. The van der Waals surface area contributed by atoms with E-state index in [9.17, 15) is 13.2 Å². The minimum atomic E-state index is -3.99. The lowest BCUT2D eigenvalue weighted by Gasteiger charge is -2.37. The van der Waals surface area contributed by atoms with Crippen molar-refractivity contribution in [3.05, 3.63) is 82.9 Å². The second-order valence-electron chi connectivity index (χ2n) is 8.78. The van der Waals surface area contributed by atoms with Gasteiger partial charge in [-0.05, 0) is 67.4 Å². The number of halogens is 1. The second-order valence-corrected chi connectivity index (χ2v) is 11.1. The van der Waals surface area contributed by atoms with Gasteiger partial charge in [-0.25, -0.2) is 8.42 Å². The molecule has 36 heavy (non-hydrogen) atoms. The van der Waals surface area contributed by atoms with Crippen LogP contribution >= 0.6 is 11.6 Å².